The Labute approximate surface area is 642 Å². The summed E-state index contributed by atoms with van der Waals surface area (Å²) in [6.07, 6.45) is 14.3. The number of fused-ring (bicyclic) bond motifs is 1. The highest BCUT2D eigenvalue weighted by Gasteiger charge is 2.54. The topological polar surface area (TPSA) is 45.4 Å². The highest BCUT2D eigenvalue weighted by Crippen LogP contribution is 2.47. The summed E-state index contributed by atoms with van der Waals surface area (Å²) in [6.45, 7) is 102. The van der Waals surface area contributed by atoms with Crippen molar-refractivity contribution in [2.75, 3.05) is 183 Å². The number of likely N-dealkylation sites (tertiary alicyclic amines) is 14. The molecule has 0 aliphatic carbocycles. The summed E-state index contributed by atoms with van der Waals surface area (Å²) < 4.78 is 0. The summed E-state index contributed by atoms with van der Waals surface area (Å²) in [6, 6.07) is 10.4. The molecular weight excluding hydrogens is 1270 g/mol. The normalized spacial score (nSPS) is 28.4. The lowest BCUT2D eigenvalue weighted by atomic mass is 9.71. The van der Waals surface area contributed by atoms with Gasteiger partial charge < -0.3 is 44.1 Å². The zero-order valence-electron chi connectivity index (χ0n) is 73.4. The average molecular weight is 1450 g/mol. The molecule has 0 aromatic carbocycles. The summed E-state index contributed by atoms with van der Waals surface area (Å²) in [5.41, 5.74) is 4.07. The van der Waals surface area contributed by atoms with Crippen LogP contribution in [0.3, 0.4) is 0 Å². The van der Waals surface area contributed by atoms with Crippen LogP contribution in [0.15, 0.2) is 0 Å². The van der Waals surface area contributed by atoms with Gasteiger partial charge in [-0.15, -0.1) is 0 Å². The zero-order valence-corrected chi connectivity index (χ0v) is 73.4. The lowest BCUT2D eigenvalue weighted by molar-refractivity contribution is -0.135. The van der Waals surface area contributed by atoms with Crippen LogP contribution in [0.4, 0.5) is 0 Å². The van der Waals surface area contributed by atoms with Gasteiger partial charge in [-0.3, -0.25) is 24.5 Å². The van der Waals surface area contributed by atoms with E-state index in [-0.39, 0.29) is 7.43 Å². The van der Waals surface area contributed by atoms with E-state index in [0.717, 1.165) is 96.4 Å². The minimum absolute atomic E-state index is 0. The Balaban J connectivity index is 0.000000168. The molecule has 0 bridgehead atoms. The molecule has 14 heteroatoms. The molecule has 14 fully saturated rings. The number of piperidine rings is 3. The Morgan fingerprint density at radius 2 is 0.330 bits per heavy atom. The Morgan fingerprint density at radius 1 is 0.165 bits per heavy atom. The van der Waals surface area contributed by atoms with Crippen molar-refractivity contribution in [2.45, 2.75) is 350 Å². The van der Waals surface area contributed by atoms with E-state index in [1.165, 1.54) is 247 Å². The molecule has 0 atom stereocenters. The third-order valence-electron chi connectivity index (χ3n) is 29.4. The molecule has 14 aliphatic rings. The third kappa shape index (κ3) is 23.8. The van der Waals surface area contributed by atoms with E-state index in [4.69, 9.17) is 0 Å². The van der Waals surface area contributed by atoms with Gasteiger partial charge in [-0.05, 0) is 345 Å². The lowest BCUT2D eigenvalue weighted by Crippen LogP contribution is -2.73. The molecule has 0 amide bonds. The second-order valence-electron chi connectivity index (χ2n) is 41.8. The standard InChI is InChI=1S/C14H28N2.3C13H26N2.2C12H24N2.C11H22N2.CH4/c1-12(2)15-8-5-14(6-9-15)7-10-16(11-14)13(3)4;1-11(2)14-7-5-13(9-14)6-8-15(10-13)12(3)4;1-11(2)14-7-5-13(6-8-14)9-15(10-13)12(3)4;1-11(2)14-7-5-6-13(8-14)9-15(10-13)12(3)4;1-9(2)13-5-11-7-14(10(3)4)8-12(11)6-13;1-10(2)13-6-5-12(7-13)8-14(9-12)11(3)4;1-9(2)12-5-11(6-12)7-13(8-11)10(3)4;/h12-13H,5-11H2,1-4H3;3*11-12H,5-10H2,1-4H3;9-12H,5-8H2,1-4H3;10-11H,5-9H2,1-4H3;9-10H,5-8H2,1-4H3;1H4. The van der Waals surface area contributed by atoms with Crippen LogP contribution in [0.1, 0.15) is 265 Å². The molecule has 14 saturated heterocycles. The maximum atomic E-state index is 2.67. The van der Waals surface area contributed by atoms with E-state index < -0.39 is 0 Å². The number of nitrogens with zero attached hydrogens (tertiary/aromatic N) is 14. The number of hydrogen-bond acceptors (Lipinski definition) is 14. The first-order valence-electron chi connectivity index (χ1n) is 44.1. The van der Waals surface area contributed by atoms with E-state index in [2.05, 4.69) is 262 Å². The van der Waals surface area contributed by atoms with E-state index in [9.17, 15) is 0 Å². The Bertz CT molecular complexity index is 2290. The van der Waals surface area contributed by atoms with Crippen LogP contribution in [0.25, 0.3) is 0 Å². The Hall–Kier alpha value is -0.560. The van der Waals surface area contributed by atoms with Crippen LogP contribution in [0.2, 0.25) is 0 Å². The molecule has 606 valence electrons. The van der Waals surface area contributed by atoms with Crippen molar-refractivity contribution in [1.82, 2.24) is 68.6 Å². The molecular formula is C89H180N14. The average Bonchev–Trinajstić information content (AvgIpc) is 1.70. The molecule has 0 N–H and O–H groups in total. The predicted molar refractivity (Wildman–Crippen MR) is 448 cm³/mol. The second kappa shape index (κ2) is 38.3. The number of rotatable bonds is 14. The van der Waals surface area contributed by atoms with Gasteiger partial charge in [0.25, 0.3) is 0 Å². The first-order chi connectivity index (χ1) is 47.7. The van der Waals surface area contributed by atoms with Crippen molar-refractivity contribution in [1.29, 1.82) is 0 Å². The third-order valence-corrected chi connectivity index (χ3v) is 29.4. The van der Waals surface area contributed by atoms with Gasteiger partial charge in [0.15, 0.2) is 0 Å². The van der Waals surface area contributed by atoms with Gasteiger partial charge in [-0.1, -0.05) is 7.43 Å². The number of hydrogen-bond donors (Lipinski definition) is 0. The molecule has 14 rings (SSSR count). The fourth-order valence-corrected chi connectivity index (χ4v) is 20.9. The summed E-state index contributed by atoms with van der Waals surface area (Å²) in [4.78, 5) is 36.8. The second-order valence-corrected chi connectivity index (χ2v) is 41.8. The van der Waals surface area contributed by atoms with E-state index >= 15 is 0 Å². The van der Waals surface area contributed by atoms with Gasteiger partial charge in [0.05, 0.1) is 0 Å². The van der Waals surface area contributed by atoms with Crippen molar-refractivity contribution in [2.24, 2.45) is 44.3 Å². The Morgan fingerprint density at radius 3 is 0.573 bits per heavy atom. The van der Waals surface area contributed by atoms with Gasteiger partial charge in [0, 0.05) is 225 Å². The highest BCUT2D eigenvalue weighted by atomic mass is 15.3. The molecule has 6 spiro atoms. The minimum Gasteiger partial charge on any atom is -0.301 e. The zero-order chi connectivity index (χ0) is 75.2. The van der Waals surface area contributed by atoms with E-state index in [1.807, 2.05) is 0 Å². The van der Waals surface area contributed by atoms with Crippen LogP contribution in [0.5, 0.6) is 0 Å². The molecule has 0 aromatic heterocycles. The molecule has 14 aliphatic heterocycles. The molecule has 0 aromatic rings. The quantitative estimate of drug-likeness (QED) is 0.166. The SMILES string of the molecule is C.CC(C)N1CC2(C1)CN(C(C)C)C2.CC(C)N1CC2CN(C(C)C)CC2C1.CC(C)N1CCC2(C1)CN(C(C)C)C2.CC(C)N1CCC2(CC1)CCN(C(C)C)C2.CC(C)N1CCC2(CC1)CN(C(C)C)C2.CC(C)N1CCC2(CCN(C(C)C)C2)C1.CC(C)N1CCCC2(C1)CN(C(C)C)C2. The van der Waals surface area contributed by atoms with Gasteiger partial charge >= 0.3 is 0 Å². The molecule has 14 nitrogen and oxygen atoms in total. The van der Waals surface area contributed by atoms with Gasteiger partial charge in [0.1, 0.15) is 0 Å². The fraction of sp³-hybridized carbons (Fsp3) is 1.00. The van der Waals surface area contributed by atoms with E-state index in [1.54, 1.807) is 0 Å². The first-order valence-corrected chi connectivity index (χ1v) is 44.1. The highest BCUT2D eigenvalue weighted by molar-refractivity contribution is 5.08. The van der Waals surface area contributed by atoms with Crippen LogP contribution in [-0.2, 0) is 0 Å². The van der Waals surface area contributed by atoms with Crippen molar-refractivity contribution in [3.8, 4) is 0 Å². The molecule has 14 heterocycles. The smallest absolute Gasteiger partial charge is 0.0212 e. The van der Waals surface area contributed by atoms with E-state index in [0.29, 0.717) is 32.5 Å². The summed E-state index contributed by atoms with van der Waals surface area (Å²) in [5.74, 6) is 1.92. The molecule has 0 radical (unpaired) electrons. The maximum Gasteiger partial charge on any atom is 0.0212 e. The van der Waals surface area contributed by atoms with Gasteiger partial charge in [0.2, 0.25) is 0 Å². The predicted octanol–water partition coefficient (Wildman–Crippen LogP) is 14.7. The molecule has 0 unspecified atom stereocenters. The monoisotopic (exact) mass is 1450 g/mol. The van der Waals surface area contributed by atoms with Crippen LogP contribution >= 0.6 is 0 Å². The first kappa shape index (κ1) is 89.6. The summed E-state index contributed by atoms with van der Waals surface area (Å²) in [5, 5.41) is 0. The summed E-state index contributed by atoms with van der Waals surface area (Å²) >= 11 is 0. The van der Waals surface area contributed by atoms with Gasteiger partial charge in [-0.25, -0.2) is 0 Å². The van der Waals surface area contributed by atoms with Crippen molar-refractivity contribution < 1.29 is 0 Å². The molecule has 103 heavy (non-hydrogen) atoms. The van der Waals surface area contributed by atoms with Crippen molar-refractivity contribution in [3.63, 3.8) is 0 Å². The maximum absolute atomic E-state index is 2.67. The van der Waals surface area contributed by atoms with Gasteiger partial charge in [-0.2, -0.15) is 0 Å². The van der Waals surface area contributed by atoms with Crippen LogP contribution < -0.4 is 0 Å². The molecule has 0 saturated carbocycles. The Kier molecular flexibility index (Phi) is 33.3. The van der Waals surface area contributed by atoms with Crippen molar-refractivity contribution >= 4 is 0 Å². The largest absolute Gasteiger partial charge is 0.301 e. The summed E-state index contributed by atoms with van der Waals surface area (Å²) in [7, 11) is 0. The van der Waals surface area contributed by atoms with Crippen LogP contribution in [0, 0.1) is 44.3 Å². The minimum atomic E-state index is 0. The van der Waals surface area contributed by atoms with Crippen LogP contribution in [-0.4, -0.2) is 336 Å². The lowest BCUT2D eigenvalue weighted by Gasteiger charge is -2.62. The van der Waals surface area contributed by atoms with Crippen molar-refractivity contribution in [3.05, 3.63) is 0 Å². The fourth-order valence-electron chi connectivity index (χ4n) is 20.9.